The predicted octanol–water partition coefficient (Wildman–Crippen LogP) is 9.91. The van der Waals surface area contributed by atoms with Crippen LogP contribution in [0.1, 0.15) is 157 Å². The van der Waals surface area contributed by atoms with Crippen LogP contribution in [0.25, 0.3) is 0 Å². The number of Topliss-reactive ketones (excluding diaryl/α,β-unsaturated/α-hetero) is 1. The van der Waals surface area contributed by atoms with Crippen molar-refractivity contribution in [2.45, 2.75) is 211 Å². The number of cyclic esters (lactones) is 1. The van der Waals surface area contributed by atoms with E-state index >= 15 is 0 Å². The molecule has 7 saturated carbocycles. The first kappa shape index (κ1) is 60.5. The molecule has 9 fully saturated rings. The van der Waals surface area contributed by atoms with Crippen LogP contribution in [0.2, 0.25) is 0 Å². The molecule has 18 heteroatoms. The van der Waals surface area contributed by atoms with E-state index in [1.54, 1.807) is 38.1 Å². The van der Waals surface area contributed by atoms with Crippen LogP contribution in [0.3, 0.4) is 0 Å². The standard InChI is InChI=1S/C68H90N4O14/c1-36(2)66-33-51(66)56-68(86-56)65(8)27-25-46-47(35-81-58(46)77)50(65)32-55-67(68,85-55)59(66)84-62(80)82-34-39-14-20-44(21-15-39)71-57(76)43(12-10-28-70-60(69)78)30-54(75)63(5,6)72-61(79)83-53(41-17-18-41)24-13-37(3)48-22-23-49-40(11-9-26-64(48,49)7)16-19-42-29-45(73)31-52(74)38(42)4/h13-16,19-21,24,36-37,41,43,45,48-53,55-56,59,73-74H,4,9-12,17-18,22-23,25-35H2,1-3,5-8H3,(H,71,76)(H,72,79)(H3,69,70,78)/b24-13+,40-16+,42-19-/t37-,43?,45+,48?,49?,50-,51-,52-,53?,55-,56-,59+,64+,65-,66+,67+,68+/m0/s1. The predicted molar refractivity (Wildman–Crippen MR) is 317 cm³/mol. The minimum Gasteiger partial charge on any atom is -0.458 e. The number of fused-ring (bicyclic) bond motifs is 5. The average Bonchev–Trinajstić information content (AvgIpc) is 1.42. The Labute approximate surface area is 505 Å². The third-order valence-corrected chi connectivity index (χ3v) is 23.4. The van der Waals surface area contributed by atoms with Gasteiger partial charge in [-0.1, -0.05) is 77.1 Å². The number of carbonyl (C=O) groups excluding carboxylic acids is 6. The molecule has 4 unspecified atom stereocenters. The van der Waals surface area contributed by atoms with Gasteiger partial charge in [0, 0.05) is 47.4 Å². The molecule has 18 nitrogen and oxygen atoms in total. The summed E-state index contributed by atoms with van der Waals surface area (Å²) in [5.41, 5.74) is 7.99. The molecule has 466 valence electrons. The lowest BCUT2D eigenvalue weighted by molar-refractivity contribution is -0.136. The molecule has 0 aromatic heterocycles. The highest BCUT2D eigenvalue weighted by molar-refractivity contribution is 5.98. The number of ketones is 1. The number of esters is 1. The zero-order valence-electron chi connectivity index (χ0n) is 51.2. The van der Waals surface area contributed by atoms with E-state index in [1.807, 2.05) is 6.08 Å². The molecule has 4 amide bonds. The molecule has 1 aromatic carbocycles. The Bertz CT molecular complexity index is 3070. The normalized spacial score (nSPS) is 38.2. The van der Waals surface area contributed by atoms with Crippen LogP contribution in [-0.2, 0) is 49.4 Å². The Morgan fingerprint density at radius 1 is 0.953 bits per heavy atom. The Morgan fingerprint density at radius 3 is 2.45 bits per heavy atom. The van der Waals surface area contributed by atoms with Crippen molar-refractivity contribution in [1.29, 1.82) is 0 Å². The molecule has 7 N–H and O–H groups in total. The lowest BCUT2D eigenvalue weighted by Gasteiger charge is -2.54. The molecule has 86 heavy (non-hydrogen) atoms. The molecule has 2 saturated heterocycles. The summed E-state index contributed by atoms with van der Waals surface area (Å²) < 4.78 is 37.7. The molecule has 0 bridgehead atoms. The number of nitrogens with two attached hydrogens (primary N) is 1. The van der Waals surface area contributed by atoms with Gasteiger partial charge in [0.1, 0.15) is 31.0 Å². The molecule has 3 aliphatic heterocycles. The Balaban J connectivity index is 0.642. The minimum atomic E-state index is -1.40. The smallest absolute Gasteiger partial charge is 0.458 e. The second-order valence-corrected chi connectivity index (χ2v) is 28.9. The van der Waals surface area contributed by atoms with Crippen LogP contribution in [0.4, 0.5) is 20.1 Å². The van der Waals surface area contributed by atoms with Crippen LogP contribution in [0, 0.1) is 63.6 Å². The highest BCUT2D eigenvalue weighted by Crippen LogP contribution is 2.87. The number of hydrogen-bond acceptors (Lipinski definition) is 14. The Hall–Kier alpha value is -5.82. The van der Waals surface area contributed by atoms with Crippen LogP contribution in [0.15, 0.2) is 83.0 Å². The molecule has 12 rings (SSSR count). The number of allylic oxidation sites excluding steroid dienone is 4. The van der Waals surface area contributed by atoms with E-state index in [2.05, 4.69) is 75.4 Å². The van der Waals surface area contributed by atoms with Crippen LogP contribution >= 0.6 is 0 Å². The van der Waals surface area contributed by atoms with Gasteiger partial charge in [-0.2, -0.15) is 0 Å². The maximum absolute atomic E-state index is 14.2. The van der Waals surface area contributed by atoms with Gasteiger partial charge in [-0.15, -0.1) is 0 Å². The zero-order valence-corrected chi connectivity index (χ0v) is 51.2. The monoisotopic (exact) mass is 1190 g/mol. The minimum absolute atomic E-state index is 0.00899. The lowest BCUT2D eigenvalue weighted by atomic mass is 9.46. The molecule has 1 aromatic rings. The molecule has 8 aliphatic carbocycles. The molecule has 3 heterocycles. The molecule has 0 radical (unpaired) electrons. The van der Waals surface area contributed by atoms with Crippen LogP contribution < -0.4 is 21.7 Å². The molecule has 11 aliphatic rings. The van der Waals surface area contributed by atoms with Gasteiger partial charge in [-0.3, -0.25) is 9.59 Å². The third kappa shape index (κ3) is 10.3. The largest absolute Gasteiger partial charge is 0.509 e. The summed E-state index contributed by atoms with van der Waals surface area (Å²) in [7, 11) is 0. The van der Waals surface area contributed by atoms with Gasteiger partial charge in [-0.05, 0) is 191 Å². The first-order chi connectivity index (χ1) is 40.9. The number of anilines is 1. The van der Waals surface area contributed by atoms with Crippen LogP contribution in [-0.4, -0.2) is 113 Å². The number of carbonyl (C=O) groups is 6. The van der Waals surface area contributed by atoms with Gasteiger partial charge in [-0.25, -0.2) is 19.2 Å². The fourth-order valence-corrected chi connectivity index (χ4v) is 18.3. The van der Waals surface area contributed by atoms with E-state index in [-0.39, 0.29) is 95.8 Å². The van der Waals surface area contributed by atoms with Gasteiger partial charge >= 0.3 is 24.2 Å². The topological polar surface area (TPSA) is 267 Å². The summed E-state index contributed by atoms with van der Waals surface area (Å²) in [6, 6.07) is 6.17. The second-order valence-electron chi connectivity index (χ2n) is 28.9. The summed E-state index contributed by atoms with van der Waals surface area (Å²) in [6.07, 6.45) is 16.0. The quantitative estimate of drug-likeness (QED) is 0.0233. The van der Waals surface area contributed by atoms with Gasteiger partial charge in [0.15, 0.2) is 11.4 Å². The van der Waals surface area contributed by atoms with Gasteiger partial charge < -0.3 is 60.3 Å². The van der Waals surface area contributed by atoms with E-state index in [0.29, 0.717) is 67.4 Å². The molecule has 17 atom stereocenters. The summed E-state index contributed by atoms with van der Waals surface area (Å²) in [6.45, 7) is 19.0. The summed E-state index contributed by atoms with van der Waals surface area (Å²) in [4.78, 5) is 80.0. The number of aliphatic hydroxyl groups excluding tert-OH is 2. The number of epoxide rings is 2. The Morgan fingerprint density at radius 2 is 1.72 bits per heavy atom. The van der Waals surface area contributed by atoms with E-state index in [9.17, 15) is 39.0 Å². The zero-order chi connectivity index (χ0) is 61.0. The second kappa shape index (κ2) is 22.3. The van der Waals surface area contributed by atoms with E-state index in [4.69, 9.17) is 34.2 Å². The Kier molecular flexibility index (Phi) is 15.7. The third-order valence-electron chi connectivity index (χ3n) is 23.4. The van der Waals surface area contributed by atoms with E-state index in [0.717, 1.165) is 74.5 Å². The first-order valence-corrected chi connectivity index (χ1v) is 32.0. The van der Waals surface area contributed by atoms with Crippen molar-refractivity contribution in [1.82, 2.24) is 10.6 Å². The van der Waals surface area contributed by atoms with Crippen molar-refractivity contribution in [3.63, 3.8) is 0 Å². The van der Waals surface area contributed by atoms with Crippen molar-refractivity contribution in [3.05, 3.63) is 88.6 Å². The maximum Gasteiger partial charge on any atom is 0.509 e. The molecular formula is C68H90N4O14. The number of ether oxygens (including phenoxy) is 6. The fraction of sp³-hybridized carbons (Fsp3) is 0.676. The van der Waals surface area contributed by atoms with Gasteiger partial charge in [0.25, 0.3) is 0 Å². The number of hydrogen-bond donors (Lipinski definition) is 6. The summed E-state index contributed by atoms with van der Waals surface area (Å²) in [5, 5.41) is 29.0. The molecular weight excluding hydrogens is 1100 g/mol. The lowest BCUT2D eigenvalue weighted by Crippen LogP contribution is -2.67. The van der Waals surface area contributed by atoms with E-state index < -0.39 is 71.3 Å². The highest BCUT2D eigenvalue weighted by Gasteiger charge is 3.00. The van der Waals surface area contributed by atoms with Crippen molar-refractivity contribution in [2.24, 2.45) is 69.3 Å². The van der Waals surface area contributed by atoms with Gasteiger partial charge in [0.05, 0.1) is 30.0 Å². The molecule has 2 spiro atoms. The van der Waals surface area contributed by atoms with Crippen molar-refractivity contribution < 1.29 is 67.4 Å². The van der Waals surface area contributed by atoms with Crippen molar-refractivity contribution in [3.8, 4) is 0 Å². The number of primary amides is 1. The summed E-state index contributed by atoms with van der Waals surface area (Å²) in [5.74, 6) is -0.0941. The fourth-order valence-electron chi connectivity index (χ4n) is 18.3. The number of amides is 4. The van der Waals surface area contributed by atoms with E-state index in [1.165, 1.54) is 5.57 Å². The SMILES string of the molecule is C=C1/C(=C\C=C2/CCC[C@@]3(C)C2CCC3[C@@H](C)/C=C/C(OC(=O)NC(C)(C)C(=O)CC(CCCNC(N)=O)C(=O)Nc2ccc(COC(=O)O[C@@H]3[C@@]4(C(C)C)C[C@H]4[C@@H]4O[C@]45[C@]34O[C@H]4C[C@H]3C4=C(CC[C@@]35C)C(=O)OC4)cc2)C2CC2)C[C@@H](O)C[C@@H]1O. The first-order valence-electron chi connectivity index (χ1n) is 32.0. The van der Waals surface area contributed by atoms with Gasteiger partial charge in [0.2, 0.25) is 5.91 Å². The number of urea groups is 1. The average molecular weight is 1190 g/mol. The maximum atomic E-state index is 14.2. The number of aliphatic hydroxyl groups is 2. The number of benzene rings is 1. The number of alkyl carbamates (subject to hydrolysis) is 1. The summed E-state index contributed by atoms with van der Waals surface area (Å²) >= 11 is 0. The van der Waals surface area contributed by atoms with Crippen molar-refractivity contribution >= 4 is 41.6 Å². The number of rotatable bonds is 20. The van der Waals surface area contributed by atoms with Crippen LogP contribution in [0.5, 0.6) is 0 Å². The highest BCUT2D eigenvalue weighted by atomic mass is 16.8. The number of nitrogens with one attached hydrogen (secondary N) is 3. The van der Waals surface area contributed by atoms with Crippen molar-refractivity contribution in [2.75, 3.05) is 18.5 Å².